The van der Waals surface area contributed by atoms with E-state index in [0.29, 0.717) is 11.4 Å². The molecule has 0 bridgehead atoms. The number of hydrogen-bond donors (Lipinski definition) is 3. The highest BCUT2D eigenvalue weighted by Gasteiger charge is 2.44. The molecule has 0 radical (unpaired) electrons. The van der Waals surface area contributed by atoms with Crippen molar-refractivity contribution in [2.24, 2.45) is 12.8 Å². The van der Waals surface area contributed by atoms with Crippen molar-refractivity contribution >= 4 is 11.6 Å². The van der Waals surface area contributed by atoms with Crippen LogP contribution in [-0.2, 0) is 11.8 Å². The molecule has 1 aliphatic rings. The van der Waals surface area contributed by atoms with E-state index in [-0.39, 0.29) is 12.1 Å². The average Bonchev–Trinajstić information content (AvgIpc) is 3.13. The Labute approximate surface area is 193 Å². The molecular weight excluding hydrogens is 451 g/mol. The Kier molecular flexibility index (Phi) is 6.19. The molecule has 1 amide bonds. The predicted molar refractivity (Wildman–Crippen MR) is 117 cm³/mol. The largest absolute Gasteiger partial charge is 0.386 e. The van der Waals surface area contributed by atoms with Gasteiger partial charge in [0.2, 0.25) is 0 Å². The molecule has 3 aromatic rings. The molecule has 180 valence electrons. The SMILES string of the molecule is CC1OC(c2c(NC(=O)c3ccc(F)c(-c4c(F)cccc4F)n3)cnn2C)CC(N)C1(C)O. The van der Waals surface area contributed by atoms with Gasteiger partial charge in [-0.25, -0.2) is 18.2 Å². The topological polar surface area (TPSA) is 115 Å². The fourth-order valence-electron chi connectivity index (χ4n) is 3.97. The lowest BCUT2D eigenvalue weighted by Gasteiger charge is -2.43. The Hall–Kier alpha value is -3.28. The second-order valence-corrected chi connectivity index (χ2v) is 8.48. The Balaban J connectivity index is 1.63. The number of halogens is 3. The summed E-state index contributed by atoms with van der Waals surface area (Å²) in [6, 6.07) is 4.53. The van der Waals surface area contributed by atoms with Gasteiger partial charge in [0.15, 0.2) is 0 Å². The van der Waals surface area contributed by atoms with Crippen molar-refractivity contribution in [2.75, 3.05) is 5.32 Å². The van der Waals surface area contributed by atoms with E-state index in [0.717, 1.165) is 30.3 Å². The third kappa shape index (κ3) is 4.17. The molecular formula is C23H24F3N5O3. The van der Waals surface area contributed by atoms with E-state index in [1.165, 1.54) is 10.9 Å². The number of anilines is 1. The van der Waals surface area contributed by atoms with Crippen molar-refractivity contribution in [1.82, 2.24) is 14.8 Å². The number of amides is 1. The molecule has 4 atom stereocenters. The molecule has 4 N–H and O–H groups in total. The average molecular weight is 475 g/mol. The lowest BCUT2D eigenvalue weighted by Crippen LogP contribution is -2.58. The normalized spacial score (nSPS) is 24.8. The van der Waals surface area contributed by atoms with Crippen molar-refractivity contribution in [1.29, 1.82) is 0 Å². The number of pyridine rings is 1. The summed E-state index contributed by atoms with van der Waals surface area (Å²) < 4.78 is 50.2. The van der Waals surface area contributed by atoms with Crippen molar-refractivity contribution in [3.05, 3.63) is 65.4 Å². The monoisotopic (exact) mass is 475 g/mol. The van der Waals surface area contributed by atoms with Gasteiger partial charge in [-0.1, -0.05) is 6.07 Å². The summed E-state index contributed by atoms with van der Waals surface area (Å²) in [6.45, 7) is 3.30. The molecule has 1 aromatic carbocycles. The Bertz CT molecular complexity index is 1210. The first kappa shape index (κ1) is 23.9. The van der Waals surface area contributed by atoms with Gasteiger partial charge >= 0.3 is 0 Å². The zero-order valence-electron chi connectivity index (χ0n) is 18.7. The fourth-order valence-corrected chi connectivity index (χ4v) is 3.97. The molecule has 34 heavy (non-hydrogen) atoms. The number of carbonyl (C=O) groups excluding carboxylic acids is 1. The third-order valence-electron chi connectivity index (χ3n) is 6.23. The molecule has 4 unspecified atom stereocenters. The highest BCUT2D eigenvalue weighted by Crippen LogP contribution is 2.38. The number of hydrogen-bond acceptors (Lipinski definition) is 6. The minimum atomic E-state index is -1.23. The highest BCUT2D eigenvalue weighted by atomic mass is 19.1. The molecule has 1 aliphatic heterocycles. The molecule has 0 spiro atoms. The van der Waals surface area contributed by atoms with Crippen LogP contribution in [0.2, 0.25) is 0 Å². The zero-order chi connectivity index (χ0) is 24.8. The lowest BCUT2D eigenvalue weighted by molar-refractivity contribution is -0.172. The predicted octanol–water partition coefficient (Wildman–Crippen LogP) is 3.08. The molecule has 2 aromatic heterocycles. The Morgan fingerprint density at radius 3 is 2.56 bits per heavy atom. The number of carbonyl (C=O) groups is 1. The summed E-state index contributed by atoms with van der Waals surface area (Å²) in [5, 5.41) is 17.3. The van der Waals surface area contributed by atoms with Crippen LogP contribution in [0.4, 0.5) is 18.9 Å². The van der Waals surface area contributed by atoms with Crippen LogP contribution in [0.3, 0.4) is 0 Å². The van der Waals surface area contributed by atoms with Crippen molar-refractivity contribution < 1.29 is 27.8 Å². The Morgan fingerprint density at radius 1 is 1.24 bits per heavy atom. The number of aryl methyl sites for hydroxylation is 1. The number of ether oxygens (including phenoxy) is 1. The number of aliphatic hydroxyl groups is 1. The second kappa shape index (κ2) is 8.82. The quantitative estimate of drug-likeness (QED) is 0.534. The van der Waals surface area contributed by atoms with Crippen LogP contribution in [0.1, 0.15) is 42.6 Å². The Morgan fingerprint density at radius 2 is 1.91 bits per heavy atom. The van der Waals surface area contributed by atoms with Crippen molar-refractivity contribution in [3.63, 3.8) is 0 Å². The molecule has 1 saturated heterocycles. The molecule has 0 saturated carbocycles. The summed E-state index contributed by atoms with van der Waals surface area (Å²) in [4.78, 5) is 16.8. The number of benzene rings is 1. The number of rotatable bonds is 4. The minimum absolute atomic E-state index is 0.258. The highest BCUT2D eigenvalue weighted by molar-refractivity contribution is 6.03. The van der Waals surface area contributed by atoms with Crippen LogP contribution in [-0.4, -0.2) is 43.5 Å². The summed E-state index contributed by atoms with van der Waals surface area (Å²) >= 11 is 0. The molecule has 3 heterocycles. The smallest absolute Gasteiger partial charge is 0.274 e. The standard InChI is InChI=1S/C23H24F3N5O3/c1-11-23(2,33)18(27)9-17(34-11)21-16(10-28-31(21)3)30-22(32)15-8-7-14(26)20(29-15)19-12(24)5-4-6-13(19)25/h4-8,10-11,17-18,33H,9,27H2,1-3H3,(H,30,32). The number of aromatic nitrogens is 3. The van der Waals surface area contributed by atoms with Gasteiger partial charge < -0.3 is 20.9 Å². The number of nitrogens with one attached hydrogen (secondary N) is 1. The molecule has 11 heteroatoms. The third-order valence-corrected chi connectivity index (χ3v) is 6.23. The van der Waals surface area contributed by atoms with Gasteiger partial charge in [-0.2, -0.15) is 5.10 Å². The van der Waals surface area contributed by atoms with Gasteiger partial charge in [-0.15, -0.1) is 0 Å². The van der Waals surface area contributed by atoms with Crippen LogP contribution in [0.5, 0.6) is 0 Å². The van der Waals surface area contributed by atoms with E-state index in [2.05, 4.69) is 15.4 Å². The molecule has 1 fully saturated rings. The first-order valence-corrected chi connectivity index (χ1v) is 10.6. The van der Waals surface area contributed by atoms with Gasteiger partial charge in [0.1, 0.15) is 40.5 Å². The van der Waals surface area contributed by atoms with Gasteiger partial charge in [-0.05, 0) is 44.5 Å². The summed E-state index contributed by atoms with van der Waals surface area (Å²) in [5.74, 6) is -3.73. The summed E-state index contributed by atoms with van der Waals surface area (Å²) in [7, 11) is 1.66. The van der Waals surface area contributed by atoms with Gasteiger partial charge in [0, 0.05) is 13.1 Å². The van der Waals surface area contributed by atoms with Gasteiger partial charge in [0.05, 0.1) is 29.2 Å². The lowest BCUT2D eigenvalue weighted by atomic mass is 9.84. The van der Waals surface area contributed by atoms with E-state index in [4.69, 9.17) is 10.5 Å². The van der Waals surface area contributed by atoms with E-state index in [1.807, 2.05) is 0 Å². The van der Waals surface area contributed by atoms with Gasteiger partial charge in [0.25, 0.3) is 5.91 Å². The molecule has 0 aliphatic carbocycles. The van der Waals surface area contributed by atoms with E-state index >= 15 is 0 Å². The second-order valence-electron chi connectivity index (χ2n) is 8.48. The zero-order valence-corrected chi connectivity index (χ0v) is 18.7. The van der Waals surface area contributed by atoms with E-state index in [1.54, 1.807) is 20.9 Å². The maximum Gasteiger partial charge on any atom is 0.274 e. The maximum absolute atomic E-state index is 14.4. The van der Waals surface area contributed by atoms with Gasteiger partial charge in [-0.3, -0.25) is 9.48 Å². The molecule has 4 rings (SSSR count). The van der Waals surface area contributed by atoms with Crippen LogP contribution in [0, 0.1) is 17.5 Å². The van der Waals surface area contributed by atoms with Crippen LogP contribution >= 0.6 is 0 Å². The summed E-state index contributed by atoms with van der Waals surface area (Å²) in [5.41, 5.74) is 4.18. The van der Waals surface area contributed by atoms with Crippen molar-refractivity contribution in [3.8, 4) is 11.3 Å². The van der Waals surface area contributed by atoms with Crippen molar-refractivity contribution in [2.45, 2.75) is 44.1 Å². The first-order valence-electron chi connectivity index (χ1n) is 10.6. The van der Waals surface area contributed by atoms with Crippen LogP contribution in [0.25, 0.3) is 11.3 Å². The number of nitrogens with two attached hydrogens (primary N) is 1. The van der Waals surface area contributed by atoms with Crippen LogP contribution in [0.15, 0.2) is 36.5 Å². The maximum atomic E-state index is 14.4. The molecule has 8 nitrogen and oxygen atoms in total. The summed E-state index contributed by atoms with van der Waals surface area (Å²) in [6.07, 6.45) is 0.514. The van der Waals surface area contributed by atoms with Crippen LogP contribution < -0.4 is 11.1 Å². The fraction of sp³-hybridized carbons (Fsp3) is 0.348. The first-order chi connectivity index (χ1) is 16.0. The number of nitrogens with zero attached hydrogens (tertiary/aromatic N) is 3. The van der Waals surface area contributed by atoms with E-state index < -0.39 is 58.5 Å². The minimum Gasteiger partial charge on any atom is -0.386 e. The van der Waals surface area contributed by atoms with E-state index in [9.17, 15) is 23.1 Å².